The SMILES string of the molecule is C[C@H](OCc1ccccc1)[C@@H](NC(=O)OCC1c2ccccc2-c2ccccc21)C(=O)NC(CC(=O)O)C(F)(F)F. The molecule has 4 rings (SSSR count). The zero-order valence-electron chi connectivity index (χ0n) is 22.1. The maximum absolute atomic E-state index is 13.5. The molecule has 3 atom stereocenters. The van der Waals surface area contributed by atoms with Gasteiger partial charge in [0.15, 0.2) is 0 Å². The number of halogens is 3. The molecule has 2 amide bonds. The molecule has 3 aromatic carbocycles. The van der Waals surface area contributed by atoms with Gasteiger partial charge in [-0.15, -0.1) is 0 Å². The number of hydrogen-bond donors (Lipinski definition) is 3. The number of carbonyl (C=O) groups is 3. The van der Waals surface area contributed by atoms with Crippen LogP contribution < -0.4 is 10.6 Å². The molecule has 0 spiro atoms. The second kappa shape index (κ2) is 12.9. The van der Waals surface area contributed by atoms with Crippen LogP contribution in [0.25, 0.3) is 11.1 Å². The number of aliphatic carboxylic acids is 1. The number of hydrogen-bond acceptors (Lipinski definition) is 5. The molecule has 0 heterocycles. The van der Waals surface area contributed by atoms with Gasteiger partial charge in [-0.05, 0) is 34.7 Å². The number of carboxylic acids is 1. The van der Waals surface area contributed by atoms with Crippen molar-refractivity contribution in [1.82, 2.24) is 10.6 Å². The topological polar surface area (TPSA) is 114 Å². The molecule has 41 heavy (non-hydrogen) atoms. The third kappa shape index (κ3) is 7.43. The van der Waals surface area contributed by atoms with E-state index in [1.807, 2.05) is 48.5 Å². The summed E-state index contributed by atoms with van der Waals surface area (Å²) in [4.78, 5) is 36.9. The van der Waals surface area contributed by atoms with Crippen molar-refractivity contribution in [3.8, 4) is 11.1 Å². The quantitative estimate of drug-likeness (QED) is 0.298. The first-order chi connectivity index (χ1) is 19.5. The summed E-state index contributed by atoms with van der Waals surface area (Å²) >= 11 is 0. The first-order valence-corrected chi connectivity index (χ1v) is 12.9. The summed E-state index contributed by atoms with van der Waals surface area (Å²) in [7, 11) is 0. The average Bonchev–Trinajstić information content (AvgIpc) is 3.26. The van der Waals surface area contributed by atoms with E-state index in [1.165, 1.54) is 6.92 Å². The smallest absolute Gasteiger partial charge is 0.409 e. The molecule has 11 heteroatoms. The molecular weight excluding hydrogens is 541 g/mol. The molecule has 0 bridgehead atoms. The summed E-state index contributed by atoms with van der Waals surface area (Å²) in [6.45, 7) is 1.34. The minimum Gasteiger partial charge on any atom is -0.481 e. The van der Waals surface area contributed by atoms with Crippen molar-refractivity contribution in [3.63, 3.8) is 0 Å². The van der Waals surface area contributed by atoms with Crippen LogP contribution in [0.3, 0.4) is 0 Å². The maximum Gasteiger partial charge on any atom is 0.409 e. The van der Waals surface area contributed by atoms with Crippen molar-refractivity contribution in [2.75, 3.05) is 6.61 Å². The molecule has 3 N–H and O–H groups in total. The first kappa shape index (κ1) is 29.6. The number of carboxylic acid groups (broad SMARTS) is 1. The number of rotatable bonds is 11. The normalized spacial score (nSPS) is 14.7. The lowest BCUT2D eigenvalue weighted by Crippen LogP contribution is -2.57. The predicted molar refractivity (Wildman–Crippen MR) is 143 cm³/mol. The summed E-state index contributed by atoms with van der Waals surface area (Å²) in [6, 6.07) is 19.9. The van der Waals surface area contributed by atoms with Gasteiger partial charge in [-0.25, -0.2) is 4.79 Å². The minimum atomic E-state index is -5.03. The summed E-state index contributed by atoms with van der Waals surface area (Å²) in [5, 5.41) is 12.9. The Hall–Kier alpha value is -4.38. The zero-order chi connectivity index (χ0) is 29.6. The van der Waals surface area contributed by atoms with E-state index in [4.69, 9.17) is 14.6 Å². The molecule has 216 valence electrons. The number of carbonyl (C=O) groups excluding carboxylic acids is 2. The number of alkyl halides is 3. The lowest BCUT2D eigenvalue weighted by atomic mass is 9.98. The van der Waals surface area contributed by atoms with Crippen molar-refractivity contribution in [3.05, 3.63) is 95.6 Å². The van der Waals surface area contributed by atoms with E-state index < -0.39 is 48.8 Å². The molecule has 0 radical (unpaired) electrons. The number of nitrogens with one attached hydrogen (secondary N) is 2. The third-order valence-corrected chi connectivity index (χ3v) is 6.81. The van der Waals surface area contributed by atoms with Gasteiger partial charge >= 0.3 is 18.2 Å². The molecule has 8 nitrogen and oxygen atoms in total. The highest BCUT2D eigenvalue weighted by atomic mass is 19.4. The van der Waals surface area contributed by atoms with Gasteiger partial charge in [-0.2, -0.15) is 13.2 Å². The maximum atomic E-state index is 13.5. The van der Waals surface area contributed by atoms with Gasteiger partial charge in [-0.3, -0.25) is 9.59 Å². The molecule has 0 aliphatic heterocycles. The van der Waals surface area contributed by atoms with E-state index in [1.54, 1.807) is 35.6 Å². The Morgan fingerprint density at radius 2 is 1.44 bits per heavy atom. The molecule has 1 aliphatic rings. The van der Waals surface area contributed by atoms with Crippen molar-refractivity contribution >= 4 is 18.0 Å². The zero-order valence-corrected chi connectivity index (χ0v) is 22.1. The van der Waals surface area contributed by atoms with Crippen LogP contribution in [0.2, 0.25) is 0 Å². The van der Waals surface area contributed by atoms with E-state index in [-0.39, 0.29) is 19.1 Å². The second-order valence-corrected chi connectivity index (χ2v) is 9.65. The summed E-state index contributed by atoms with van der Waals surface area (Å²) in [6.07, 6.45) is -8.55. The number of fused-ring (bicyclic) bond motifs is 3. The Morgan fingerprint density at radius 3 is 2.00 bits per heavy atom. The van der Waals surface area contributed by atoms with E-state index in [2.05, 4.69) is 5.32 Å². The first-order valence-electron chi connectivity index (χ1n) is 12.9. The fraction of sp³-hybridized carbons (Fsp3) is 0.300. The Balaban J connectivity index is 1.48. The van der Waals surface area contributed by atoms with Crippen LogP contribution in [0.15, 0.2) is 78.9 Å². The lowest BCUT2D eigenvalue weighted by molar-refractivity contribution is -0.171. The Morgan fingerprint density at radius 1 is 0.878 bits per heavy atom. The van der Waals surface area contributed by atoms with Crippen molar-refractivity contribution < 1.29 is 42.1 Å². The highest BCUT2D eigenvalue weighted by Gasteiger charge is 2.44. The van der Waals surface area contributed by atoms with Crippen LogP contribution in [-0.2, 0) is 25.7 Å². The number of benzene rings is 3. The summed E-state index contributed by atoms with van der Waals surface area (Å²) < 4.78 is 51.5. The van der Waals surface area contributed by atoms with Gasteiger partial charge in [0.2, 0.25) is 5.91 Å². The largest absolute Gasteiger partial charge is 0.481 e. The molecule has 1 aliphatic carbocycles. The fourth-order valence-electron chi connectivity index (χ4n) is 4.75. The van der Waals surface area contributed by atoms with Crippen molar-refractivity contribution in [2.24, 2.45) is 0 Å². The van der Waals surface area contributed by atoms with E-state index in [9.17, 15) is 27.6 Å². The lowest BCUT2D eigenvalue weighted by Gasteiger charge is -2.27. The molecular formula is C30H29F3N2O6. The van der Waals surface area contributed by atoms with Crippen LogP contribution in [0.1, 0.15) is 36.0 Å². The van der Waals surface area contributed by atoms with Crippen LogP contribution >= 0.6 is 0 Å². The monoisotopic (exact) mass is 570 g/mol. The Labute approximate surface area is 234 Å². The van der Waals surface area contributed by atoms with Crippen LogP contribution in [0.5, 0.6) is 0 Å². The molecule has 3 aromatic rings. The van der Waals surface area contributed by atoms with Gasteiger partial charge in [0, 0.05) is 5.92 Å². The molecule has 0 fully saturated rings. The molecule has 0 aromatic heterocycles. The Bertz CT molecular complexity index is 1340. The van der Waals surface area contributed by atoms with E-state index in [0.717, 1.165) is 27.8 Å². The standard InChI is InChI=1S/C30H29F3N2O6/c1-18(40-16-19-9-3-2-4-10-19)27(28(38)34-25(15-26(36)37)30(31,32)33)35-29(39)41-17-24-22-13-7-5-11-20(22)21-12-6-8-14-23(21)24/h2-14,18,24-25,27H,15-17H2,1H3,(H,34,38)(H,35,39)(H,36,37)/t18-,25?,27+/m0/s1. The predicted octanol–water partition coefficient (Wildman–Crippen LogP) is 5.02. The van der Waals surface area contributed by atoms with Crippen molar-refractivity contribution in [1.29, 1.82) is 0 Å². The van der Waals surface area contributed by atoms with E-state index in [0.29, 0.717) is 0 Å². The second-order valence-electron chi connectivity index (χ2n) is 9.65. The highest BCUT2D eigenvalue weighted by molar-refractivity contribution is 5.87. The van der Waals surface area contributed by atoms with Crippen molar-refractivity contribution in [2.45, 2.75) is 50.2 Å². The van der Waals surface area contributed by atoms with Crippen LogP contribution in [0.4, 0.5) is 18.0 Å². The molecule has 0 saturated heterocycles. The van der Waals surface area contributed by atoms with Gasteiger partial charge in [0.05, 0.1) is 19.1 Å². The van der Waals surface area contributed by atoms with Crippen LogP contribution in [-0.4, -0.2) is 54.0 Å². The fourth-order valence-corrected chi connectivity index (χ4v) is 4.75. The van der Waals surface area contributed by atoms with Gasteiger partial charge in [0.25, 0.3) is 0 Å². The number of ether oxygens (including phenoxy) is 2. The molecule has 0 saturated carbocycles. The minimum absolute atomic E-state index is 0.00990. The Kier molecular flexibility index (Phi) is 9.28. The van der Waals surface area contributed by atoms with Gasteiger partial charge in [0.1, 0.15) is 18.7 Å². The average molecular weight is 571 g/mol. The van der Waals surface area contributed by atoms with Crippen LogP contribution in [0, 0.1) is 0 Å². The number of amides is 2. The summed E-state index contributed by atoms with van der Waals surface area (Å²) in [5.41, 5.74) is 4.66. The van der Waals surface area contributed by atoms with Gasteiger partial charge in [-0.1, -0.05) is 78.9 Å². The summed E-state index contributed by atoms with van der Waals surface area (Å²) in [5.74, 6) is -3.29. The van der Waals surface area contributed by atoms with E-state index >= 15 is 0 Å². The molecule has 1 unspecified atom stereocenters. The third-order valence-electron chi connectivity index (χ3n) is 6.81. The number of alkyl carbamates (subject to hydrolysis) is 1. The van der Waals surface area contributed by atoms with Gasteiger partial charge < -0.3 is 25.2 Å². The highest BCUT2D eigenvalue weighted by Crippen LogP contribution is 2.44.